The van der Waals surface area contributed by atoms with Crippen LogP contribution in [0.1, 0.15) is 0 Å². The fraction of sp³-hybridized carbons (Fsp3) is 0.364. The van der Waals surface area contributed by atoms with Crippen LogP contribution in [0, 0.1) is 5.82 Å². The van der Waals surface area contributed by atoms with E-state index in [1.54, 1.807) is 12.1 Å². The van der Waals surface area contributed by atoms with Gasteiger partial charge in [0.1, 0.15) is 5.82 Å². The number of halogens is 1. The van der Waals surface area contributed by atoms with E-state index in [9.17, 15) is 9.18 Å². The normalized spacial score (nSPS) is 19.7. The van der Waals surface area contributed by atoms with Crippen LogP contribution in [-0.2, 0) is 9.47 Å². The van der Waals surface area contributed by atoms with Crippen LogP contribution in [0.4, 0.5) is 14.9 Å². The molecule has 1 aliphatic heterocycles. The summed E-state index contributed by atoms with van der Waals surface area (Å²) in [6, 6.07) is 5.88. The molecule has 1 unspecified atom stereocenters. The van der Waals surface area contributed by atoms with E-state index in [0.717, 1.165) is 6.54 Å². The maximum Gasteiger partial charge on any atom is 0.414 e. The third-order valence-corrected chi connectivity index (χ3v) is 2.24. The molecule has 6 heteroatoms. The Balaban J connectivity index is 1.86. The lowest BCUT2D eigenvalue weighted by molar-refractivity contribution is -0.113. The molecule has 92 valence electrons. The number of rotatable bonds is 2. The molecule has 2 N–H and O–H groups in total. The zero-order valence-corrected chi connectivity index (χ0v) is 9.11. The van der Waals surface area contributed by atoms with Crippen molar-refractivity contribution < 1.29 is 18.7 Å². The predicted molar refractivity (Wildman–Crippen MR) is 59.1 cm³/mol. The molecule has 1 fully saturated rings. The van der Waals surface area contributed by atoms with Crippen LogP contribution < -0.4 is 10.6 Å². The average Bonchev–Trinajstić information content (AvgIpc) is 2.33. The Morgan fingerprint density at radius 3 is 3.06 bits per heavy atom. The number of morpholine rings is 1. The Morgan fingerprint density at radius 2 is 2.35 bits per heavy atom. The largest absolute Gasteiger partial charge is 0.418 e. The highest BCUT2D eigenvalue weighted by molar-refractivity contribution is 5.84. The molecule has 0 radical (unpaired) electrons. The Bertz CT molecular complexity index is 394. The van der Waals surface area contributed by atoms with Gasteiger partial charge in [0, 0.05) is 6.54 Å². The lowest BCUT2D eigenvalue weighted by Crippen LogP contribution is -2.41. The van der Waals surface area contributed by atoms with E-state index in [1.807, 2.05) is 0 Å². The summed E-state index contributed by atoms with van der Waals surface area (Å²) in [4.78, 5) is 11.4. The Labute approximate surface area is 97.9 Å². The first-order chi connectivity index (χ1) is 8.25. The minimum Gasteiger partial charge on any atom is -0.418 e. The van der Waals surface area contributed by atoms with E-state index in [4.69, 9.17) is 9.47 Å². The topological polar surface area (TPSA) is 59.6 Å². The summed E-state index contributed by atoms with van der Waals surface area (Å²) in [6.07, 6.45) is -1.36. The summed E-state index contributed by atoms with van der Waals surface area (Å²) in [5, 5.41) is 5.32. The Hall–Kier alpha value is -1.66. The molecule has 0 spiro atoms. The number of hydrogen-bond donors (Lipinski definition) is 2. The fourth-order valence-corrected chi connectivity index (χ4v) is 1.44. The minimum absolute atomic E-state index is 0.0845. The van der Waals surface area contributed by atoms with Gasteiger partial charge in [-0.3, -0.25) is 5.32 Å². The second kappa shape index (κ2) is 5.60. The van der Waals surface area contributed by atoms with E-state index < -0.39 is 18.2 Å². The number of hydrogen-bond acceptors (Lipinski definition) is 4. The van der Waals surface area contributed by atoms with E-state index in [0.29, 0.717) is 13.2 Å². The number of amides is 1. The van der Waals surface area contributed by atoms with Crippen molar-refractivity contribution in [2.45, 2.75) is 6.29 Å². The van der Waals surface area contributed by atoms with Crippen molar-refractivity contribution in [2.24, 2.45) is 0 Å². The molecule has 2 rings (SSSR count). The highest BCUT2D eigenvalue weighted by Crippen LogP contribution is 2.13. The molecular weight excluding hydrogens is 227 g/mol. The van der Waals surface area contributed by atoms with Crippen molar-refractivity contribution in [1.29, 1.82) is 0 Å². The third kappa shape index (κ3) is 3.40. The standard InChI is InChI=1S/C11H13FN2O3/c12-8-3-1-2-4-9(8)14-11(15)17-10-7-13-5-6-16-10/h1-4,10,13H,5-7H2,(H,14,15). The second-order valence-corrected chi connectivity index (χ2v) is 3.51. The maximum atomic E-state index is 13.2. The zero-order chi connectivity index (χ0) is 12.1. The van der Waals surface area contributed by atoms with Crippen LogP contribution in [0.25, 0.3) is 0 Å². The lowest BCUT2D eigenvalue weighted by atomic mass is 10.3. The van der Waals surface area contributed by atoms with E-state index in [1.165, 1.54) is 12.1 Å². The van der Waals surface area contributed by atoms with Gasteiger partial charge in [0.25, 0.3) is 0 Å². The molecule has 5 nitrogen and oxygen atoms in total. The monoisotopic (exact) mass is 240 g/mol. The summed E-state index contributed by atoms with van der Waals surface area (Å²) in [6.45, 7) is 1.65. The quantitative estimate of drug-likeness (QED) is 0.818. The maximum absolute atomic E-state index is 13.2. The number of carbonyl (C=O) groups is 1. The number of anilines is 1. The van der Waals surface area contributed by atoms with Gasteiger partial charge >= 0.3 is 6.09 Å². The van der Waals surface area contributed by atoms with Crippen molar-refractivity contribution in [3.8, 4) is 0 Å². The SMILES string of the molecule is O=C(Nc1ccccc1F)OC1CNCCO1. The van der Waals surface area contributed by atoms with Gasteiger partial charge < -0.3 is 14.8 Å². The first kappa shape index (κ1) is 11.8. The molecule has 17 heavy (non-hydrogen) atoms. The van der Waals surface area contributed by atoms with Crippen LogP contribution in [0.5, 0.6) is 0 Å². The first-order valence-corrected chi connectivity index (χ1v) is 5.30. The van der Waals surface area contributed by atoms with Gasteiger partial charge in [0.15, 0.2) is 0 Å². The Kier molecular flexibility index (Phi) is 3.89. The number of carbonyl (C=O) groups excluding carboxylic acids is 1. The van der Waals surface area contributed by atoms with Gasteiger partial charge in [-0.05, 0) is 12.1 Å². The average molecular weight is 240 g/mol. The van der Waals surface area contributed by atoms with E-state index >= 15 is 0 Å². The second-order valence-electron chi connectivity index (χ2n) is 3.51. The number of nitrogens with one attached hydrogen (secondary N) is 2. The highest BCUT2D eigenvalue weighted by Gasteiger charge is 2.18. The van der Waals surface area contributed by atoms with Crippen molar-refractivity contribution in [2.75, 3.05) is 25.0 Å². The van der Waals surface area contributed by atoms with Crippen molar-refractivity contribution >= 4 is 11.8 Å². The number of ether oxygens (including phenoxy) is 2. The summed E-state index contributed by atoms with van der Waals surface area (Å²) >= 11 is 0. The fourth-order valence-electron chi connectivity index (χ4n) is 1.44. The van der Waals surface area contributed by atoms with Crippen molar-refractivity contribution in [3.63, 3.8) is 0 Å². The molecule has 1 atom stereocenters. The van der Waals surface area contributed by atoms with E-state index in [2.05, 4.69) is 10.6 Å². The lowest BCUT2D eigenvalue weighted by Gasteiger charge is -2.23. The molecule has 1 amide bonds. The van der Waals surface area contributed by atoms with Gasteiger partial charge in [-0.1, -0.05) is 12.1 Å². The highest BCUT2D eigenvalue weighted by atomic mass is 19.1. The molecule has 0 saturated carbocycles. The minimum atomic E-state index is -0.733. The van der Waals surface area contributed by atoms with Gasteiger partial charge in [-0.25, -0.2) is 9.18 Å². The molecule has 0 aromatic heterocycles. The van der Waals surface area contributed by atoms with Crippen LogP contribution in [0.15, 0.2) is 24.3 Å². The van der Waals surface area contributed by atoms with E-state index in [-0.39, 0.29) is 5.69 Å². The smallest absolute Gasteiger partial charge is 0.414 e. The van der Waals surface area contributed by atoms with Gasteiger partial charge in [-0.2, -0.15) is 0 Å². The molecular formula is C11H13FN2O3. The predicted octanol–water partition coefficient (Wildman–Crippen LogP) is 1.32. The molecule has 1 aromatic carbocycles. The first-order valence-electron chi connectivity index (χ1n) is 5.30. The third-order valence-electron chi connectivity index (χ3n) is 2.24. The van der Waals surface area contributed by atoms with Crippen LogP contribution in [0.2, 0.25) is 0 Å². The van der Waals surface area contributed by atoms with Crippen molar-refractivity contribution in [1.82, 2.24) is 5.32 Å². The molecule has 1 aliphatic rings. The summed E-state index contributed by atoms with van der Waals surface area (Å²) in [7, 11) is 0. The summed E-state index contributed by atoms with van der Waals surface area (Å²) < 4.78 is 23.3. The molecule has 0 bridgehead atoms. The zero-order valence-electron chi connectivity index (χ0n) is 9.11. The Morgan fingerprint density at radius 1 is 1.53 bits per heavy atom. The molecule has 1 aromatic rings. The van der Waals surface area contributed by atoms with Crippen molar-refractivity contribution in [3.05, 3.63) is 30.1 Å². The van der Waals surface area contributed by atoms with Crippen LogP contribution in [0.3, 0.4) is 0 Å². The molecule has 1 saturated heterocycles. The summed E-state index contributed by atoms with van der Waals surface area (Å²) in [5.41, 5.74) is 0.0845. The number of benzene rings is 1. The van der Waals surface area contributed by atoms with Gasteiger partial charge in [-0.15, -0.1) is 0 Å². The molecule has 0 aliphatic carbocycles. The van der Waals surface area contributed by atoms with Gasteiger partial charge in [0.2, 0.25) is 6.29 Å². The summed E-state index contributed by atoms with van der Waals surface area (Å²) in [5.74, 6) is -0.507. The van der Waals surface area contributed by atoms with Crippen LogP contribution >= 0.6 is 0 Å². The molecule has 1 heterocycles. The number of para-hydroxylation sites is 1. The van der Waals surface area contributed by atoms with Gasteiger partial charge in [0.05, 0.1) is 18.8 Å². The van der Waals surface area contributed by atoms with Crippen LogP contribution in [-0.4, -0.2) is 32.1 Å².